The van der Waals surface area contributed by atoms with E-state index in [1.54, 1.807) is 12.1 Å². The summed E-state index contributed by atoms with van der Waals surface area (Å²) >= 11 is 3.32. The normalized spacial score (nSPS) is 16.8. The Morgan fingerprint density at radius 1 is 1.44 bits per heavy atom. The fourth-order valence-electron chi connectivity index (χ4n) is 1.67. The number of ether oxygens (including phenoxy) is 1. The highest BCUT2D eigenvalue weighted by Crippen LogP contribution is 2.30. The molecule has 6 heteroatoms. The van der Waals surface area contributed by atoms with E-state index in [2.05, 4.69) is 21.2 Å². The smallest absolute Gasteiger partial charge is 0.324 e. The molecular formula is C12H12BrNO4. The van der Waals surface area contributed by atoms with Crippen LogP contribution >= 0.6 is 15.9 Å². The largest absolute Gasteiger partial charge is 0.480 e. The maximum Gasteiger partial charge on any atom is 0.324 e. The van der Waals surface area contributed by atoms with Gasteiger partial charge in [-0.05, 0) is 30.7 Å². The van der Waals surface area contributed by atoms with E-state index in [4.69, 9.17) is 9.84 Å². The number of anilines is 1. The molecule has 0 radical (unpaired) electrons. The number of carbonyl (C=O) groups excluding carboxylic acids is 1. The minimum atomic E-state index is -1.44. The Bertz CT molecular complexity index is 511. The highest BCUT2D eigenvalue weighted by Gasteiger charge is 2.53. The second kappa shape index (κ2) is 4.70. The third-order valence-electron chi connectivity index (χ3n) is 2.98. The van der Waals surface area contributed by atoms with Crippen molar-refractivity contribution in [3.8, 4) is 0 Å². The molecule has 1 aliphatic rings. The Morgan fingerprint density at radius 2 is 2.11 bits per heavy atom. The maximum absolute atomic E-state index is 12.0. The van der Waals surface area contributed by atoms with Gasteiger partial charge >= 0.3 is 5.97 Å². The predicted octanol–water partition coefficient (Wildman–Crippen LogP) is 1.80. The van der Waals surface area contributed by atoms with Crippen molar-refractivity contribution < 1.29 is 19.4 Å². The molecule has 5 nitrogen and oxygen atoms in total. The number of rotatable bonds is 3. The lowest BCUT2D eigenvalue weighted by Gasteiger charge is -2.35. The molecule has 1 saturated heterocycles. The molecule has 1 aromatic rings. The summed E-state index contributed by atoms with van der Waals surface area (Å²) in [7, 11) is 0. The summed E-state index contributed by atoms with van der Waals surface area (Å²) in [6.07, 6.45) is 0. The van der Waals surface area contributed by atoms with Gasteiger partial charge in [-0.2, -0.15) is 0 Å². The molecular weight excluding hydrogens is 302 g/mol. The van der Waals surface area contributed by atoms with Crippen molar-refractivity contribution in [2.75, 3.05) is 18.5 Å². The van der Waals surface area contributed by atoms with Crippen LogP contribution in [0.3, 0.4) is 0 Å². The third-order valence-corrected chi connectivity index (χ3v) is 3.47. The first kappa shape index (κ1) is 13.0. The molecule has 1 aliphatic heterocycles. The van der Waals surface area contributed by atoms with Gasteiger partial charge < -0.3 is 15.2 Å². The number of nitrogens with one attached hydrogen (secondary N) is 1. The van der Waals surface area contributed by atoms with E-state index in [-0.39, 0.29) is 13.2 Å². The quantitative estimate of drug-likeness (QED) is 0.834. The van der Waals surface area contributed by atoms with Crippen LogP contribution in [0.2, 0.25) is 0 Å². The zero-order valence-electron chi connectivity index (χ0n) is 9.70. The van der Waals surface area contributed by atoms with Crippen molar-refractivity contribution in [2.24, 2.45) is 5.41 Å². The second-order valence-electron chi connectivity index (χ2n) is 4.29. The van der Waals surface area contributed by atoms with Gasteiger partial charge in [-0.25, -0.2) is 0 Å². The summed E-state index contributed by atoms with van der Waals surface area (Å²) in [5.74, 6) is -1.69. The monoisotopic (exact) mass is 313 g/mol. The number of benzene rings is 1. The zero-order valence-corrected chi connectivity index (χ0v) is 11.3. The number of aryl methyl sites for hydroxylation is 1. The summed E-state index contributed by atoms with van der Waals surface area (Å²) in [6.45, 7) is 1.68. The van der Waals surface area contributed by atoms with Crippen LogP contribution in [-0.2, 0) is 14.3 Å². The van der Waals surface area contributed by atoms with Crippen LogP contribution in [-0.4, -0.2) is 30.2 Å². The van der Waals surface area contributed by atoms with Gasteiger partial charge in [-0.15, -0.1) is 0 Å². The minimum Gasteiger partial charge on any atom is -0.480 e. The van der Waals surface area contributed by atoms with Crippen LogP contribution < -0.4 is 5.32 Å². The zero-order chi connectivity index (χ0) is 13.3. The number of carbonyl (C=O) groups is 2. The Kier molecular flexibility index (Phi) is 3.41. The number of hydrogen-bond donors (Lipinski definition) is 2. The Hall–Kier alpha value is -1.40. The second-order valence-corrected chi connectivity index (χ2v) is 5.21. The van der Waals surface area contributed by atoms with E-state index in [0.717, 1.165) is 10.0 Å². The molecule has 2 rings (SSSR count). The molecule has 0 aliphatic carbocycles. The Labute approximate surface area is 112 Å². The Morgan fingerprint density at radius 3 is 2.56 bits per heavy atom. The third kappa shape index (κ3) is 2.13. The number of aliphatic carboxylic acids is 1. The van der Waals surface area contributed by atoms with E-state index < -0.39 is 17.3 Å². The molecule has 0 unspecified atom stereocenters. The average Bonchev–Trinajstić information content (AvgIpc) is 2.19. The molecule has 0 atom stereocenters. The maximum atomic E-state index is 12.0. The van der Waals surface area contributed by atoms with E-state index in [1.165, 1.54) is 0 Å². The van der Waals surface area contributed by atoms with Crippen LogP contribution in [0, 0.1) is 12.3 Å². The number of carboxylic acids is 1. The molecule has 1 fully saturated rings. The summed E-state index contributed by atoms with van der Waals surface area (Å²) in [4.78, 5) is 23.1. The number of halogens is 1. The van der Waals surface area contributed by atoms with Crippen molar-refractivity contribution in [2.45, 2.75) is 6.92 Å². The van der Waals surface area contributed by atoms with Crippen molar-refractivity contribution >= 4 is 33.5 Å². The summed E-state index contributed by atoms with van der Waals surface area (Å²) in [6, 6.07) is 5.36. The first-order valence-electron chi connectivity index (χ1n) is 5.34. The van der Waals surface area contributed by atoms with Gasteiger partial charge in [0.2, 0.25) is 5.91 Å². The van der Waals surface area contributed by atoms with Crippen LogP contribution in [0.15, 0.2) is 22.7 Å². The first-order valence-corrected chi connectivity index (χ1v) is 6.14. The molecule has 2 N–H and O–H groups in total. The molecule has 0 bridgehead atoms. The van der Waals surface area contributed by atoms with Gasteiger partial charge in [0, 0.05) is 10.2 Å². The Balaban J connectivity index is 2.19. The van der Waals surface area contributed by atoms with E-state index >= 15 is 0 Å². The van der Waals surface area contributed by atoms with Crippen molar-refractivity contribution in [3.63, 3.8) is 0 Å². The SMILES string of the molecule is Cc1cc(Br)ccc1NC(=O)C1(C(=O)O)COC1. The van der Waals surface area contributed by atoms with E-state index in [0.29, 0.717) is 5.69 Å². The van der Waals surface area contributed by atoms with Crippen molar-refractivity contribution in [1.82, 2.24) is 0 Å². The van der Waals surface area contributed by atoms with Gasteiger partial charge in [0.05, 0.1) is 13.2 Å². The number of carboxylic acid groups (broad SMARTS) is 1. The minimum absolute atomic E-state index is 0.0796. The standard InChI is InChI=1S/C12H12BrNO4/c1-7-4-8(13)2-3-9(7)14-10(15)12(11(16)17)5-18-6-12/h2-4H,5-6H2,1H3,(H,14,15)(H,16,17). The molecule has 1 heterocycles. The van der Waals surface area contributed by atoms with Gasteiger partial charge in [0.1, 0.15) is 0 Å². The highest BCUT2D eigenvalue weighted by atomic mass is 79.9. The molecule has 0 spiro atoms. The van der Waals surface area contributed by atoms with Crippen LogP contribution in [0.1, 0.15) is 5.56 Å². The molecule has 1 amide bonds. The number of hydrogen-bond acceptors (Lipinski definition) is 3. The van der Waals surface area contributed by atoms with Crippen molar-refractivity contribution in [1.29, 1.82) is 0 Å². The summed E-state index contributed by atoms with van der Waals surface area (Å²) < 4.78 is 5.76. The number of amides is 1. The van der Waals surface area contributed by atoms with Gasteiger partial charge in [0.25, 0.3) is 0 Å². The highest BCUT2D eigenvalue weighted by molar-refractivity contribution is 9.10. The lowest BCUT2D eigenvalue weighted by atomic mass is 9.85. The van der Waals surface area contributed by atoms with Gasteiger partial charge in [-0.1, -0.05) is 15.9 Å². The van der Waals surface area contributed by atoms with E-state index in [1.807, 2.05) is 13.0 Å². The topological polar surface area (TPSA) is 75.6 Å². The van der Waals surface area contributed by atoms with Gasteiger partial charge in [-0.3, -0.25) is 9.59 Å². The molecule has 0 aromatic heterocycles. The molecule has 18 heavy (non-hydrogen) atoms. The molecule has 1 aromatic carbocycles. The average molecular weight is 314 g/mol. The van der Waals surface area contributed by atoms with Crippen molar-refractivity contribution in [3.05, 3.63) is 28.2 Å². The van der Waals surface area contributed by atoms with E-state index in [9.17, 15) is 9.59 Å². The van der Waals surface area contributed by atoms with Crippen LogP contribution in [0.5, 0.6) is 0 Å². The summed E-state index contributed by atoms with van der Waals surface area (Å²) in [5.41, 5.74) is 0.0220. The van der Waals surface area contributed by atoms with Crippen LogP contribution in [0.25, 0.3) is 0 Å². The lowest BCUT2D eigenvalue weighted by Crippen LogP contribution is -2.57. The predicted molar refractivity (Wildman–Crippen MR) is 68.4 cm³/mol. The van der Waals surface area contributed by atoms with Gasteiger partial charge in [0.15, 0.2) is 5.41 Å². The van der Waals surface area contributed by atoms with Crippen LogP contribution in [0.4, 0.5) is 5.69 Å². The fourth-order valence-corrected chi connectivity index (χ4v) is 2.14. The fraction of sp³-hybridized carbons (Fsp3) is 0.333. The molecule has 96 valence electrons. The first-order chi connectivity index (χ1) is 8.45. The summed E-state index contributed by atoms with van der Waals surface area (Å²) in [5, 5.41) is 11.7. The molecule has 0 saturated carbocycles. The lowest BCUT2D eigenvalue weighted by molar-refractivity contribution is -0.182.